The van der Waals surface area contributed by atoms with Gasteiger partial charge in [-0.25, -0.2) is 9.97 Å². The van der Waals surface area contributed by atoms with E-state index >= 15 is 0 Å². The second-order valence-corrected chi connectivity index (χ2v) is 6.10. The normalized spacial score (nSPS) is 14.8. The highest BCUT2D eigenvalue weighted by atomic mass is 16.5. The number of hydrogen-bond donors (Lipinski definition) is 2. The highest BCUT2D eigenvalue weighted by molar-refractivity contribution is 5.92. The fraction of sp³-hybridized carbons (Fsp3) is 0.444. The molecule has 1 aliphatic rings. The molecule has 0 bridgehead atoms. The van der Waals surface area contributed by atoms with Crippen LogP contribution in [0, 0.1) is 6.92 Å². The summed E-state index contributed by atoms with van der Waals surface area (Å²) in [5.41, 5.74) is 1.90. The number of nitrogens with zero attached hydrogens (tertiary/aromatic N) is 4. The van der Waals surface area contributed by atoms with Crippen molar-refractivity contribution in [1.29, 1.82) is 0 Å². The number of hydrogen-bond acceptors (Lipinski definition) is 7. The summed E-state index contributed by atoms with van der Waals surface area (Å²) in [4.78, 5) is 27.6. The number of ether oxygens (including phenoxy) is 1. The molecule has 2 aromatic heterocycles. The summed E-state index contributed by atoms with van der Waals surface area (Å²) >= 11 is 0. The Morgan fingerprint density at radius 2 is 2.12 bits per heavy atom. The molecule has 1 amide bonds. The van der Waals surface area contributed by atoms with Crippen LogP contribution in [0.15, 0.2) is 30.5 Å². The van der Waals surface area contributed by atoms with E-state index in [0.717, 1.165) is 50.8 Å². The Labute approximate surface area is 153 Å². The van der Waals surface area contributed by atoms with Crippen molar-refractivity contribution in [3.63, 3.8) is 0 Å². The second kappa shape index (κ2) is 9.21. The molecule has 0 aromatic carbocycles. The molecule has 1 aliphatic heterocycles. The molecule has 1 saturated heterocycles. The van der Waals surface area contributed by atoms with E-state index in [-0.39, 0.29) is 5.91 Å². The second-order valence-electron chi connectivity index (χ2n) is 6.10. The Morgan fingerprint density at radius 1 is 1.27 bits per heavy atom. The van der Waals surface area contributed by atoms with Gasteiger partial charge in [0.2, 0.25) is 5.95 Å². The van der Waals surface area contributed by atoms with Crippen LogP contribution in [0.25, 0.3) is 0 Å². The van der Waals surface area contributed by atoms with Crippen LogP contribution in [0.4, 0.5) is 5.95 Å². The van der Waals surface area contributed by atoms with Gasteiger partial charge in [-0.1, -0.05) is 6.07 Å². The van der Waals surface area contributed by atoms with Crippen LogP contribution < -0.4 is 10.6 Å². The number of carbonyl (C=O) groups excluding carboxylic acids is 1. The molecule has 0 unspecified atom stereocenters. The minimum atomic E-state index is -0.239. The van der Waals surface area contributed by atoms with Crippen LogP contribution in [-0.4, -0.2) is 65.2 Å². The molecular formula is C18H24N6O2. The highest BCUT2D eigenvalue weighted by Gasteiger charge is 2.12. The molecule has 2 aromatic rings. The largest absolute Gasteiger partial charge is 0.379 e. The zero-order chi connectivity index (χ0) is 18.2. The Morgan fingerprint density at radius 3 is 2.88 bits per heavy atom. The van der Waals surface area contributed by atoms with Gasteiger partial charge in [-0.05, 0) is 25.1 Å². The van der Waals surface area contributed by atoms with Crippen molar-refractivity contribution in [2.75, 3.05) is 44.7 Å². The van der Waals surface area contributed by atoms with E-state index in [1.165, 1.54) is 0 Å². The van der Waals surface area contributed by atoms with Crippen LogP contribution in [-0.2, 0) is 11.3 Å². The van der Waals surface area contributed by atoms with Crippen LogP contribution in [0.2, 0.25) is 0 Å². The van der Waals surface area contributed by atoms with Crippen molar-refractivity contribution in [2.45, 2.75) is 13.5 Å². The monoisotopic (exact) mass is 356 g/mol. The van der Waals surface area contributed by atoms with Crippen LogP contribution in [0.5, 0.6) is 0 Å². The molecule has 3 rings (SSSR count). The van der Waals surface area contributed by atoms with Gasteiger partial charge in [-0.15, -0.1) is 0 Å². The molecule has 8 heteroatoms. The van der Waals surface area contributed by atoms with E-state index in [1.54, 1.807) is 12.3 Å². The predicted octanol–water partition coefficient (Wildman–Crippen LogP) is 0.854. The smallest absolute Gasteiger partial charge is 0.270 e. The molecule has 0 radical (unpaired) electrons. The lowest BCUT2D eigenvalue weighted by Crippen LogP contribution is -2.39. The van der Waals surface area contributed by atoms with E-state index < -0.39 is 0 Å². The van der Waals surface area contributed by atoms with Crippen molar-refractivity contribution >= 4 is 11.9 Å². The lowest BCUT2D eigenvalue weighted by Gasteiger charge is -2.26. The summed E-state index contributed by atoms with van der Waals surface area (Å²) in [6.45, 7) is 7.27. The van der Waals surface area contributed by atoms with Gasteiger partial charge in [-0.3, -0.25) is 14.7 Å². The first-order valence-corrected chi connectivity index (χ1v) is 8.78. The maximum Gasteiger partial charge on any atom is 0.270 e. The first-order valence-electron chi connectivity index (χ1n) is 8.78. The average Bonchev–Trinajstić information content (AvgIpc) is 2.67. The van der Waals surface area contributed by atoms with Crippen LogP contribution in [0.1, 0.15) is 21.9 Å². The van der Waals surface area contributed by atoms with Crippen LogP contribution >= 0.6 is 0 Å². The fourth-order valence-electron chi connectivity index (χ4n) is 2.68. The number of anilines is 1. The summed E-state index contributed by atoms with van der Waals surface area (Å²) in [6.07, 6.45) is 1.70. The van der Waals surface area contributed by atoms with Gasteiger partial charge >= 0.3 is 0 Å². The molecule has 0 aliphatic carbocycles. The SMILES string of the molecule is Cc1cc(C(=O)NCc2ccccn2)nc(NCCN2CCOCC2)n1. The molecule has 0 spiro atoms. The molecule has 3 heterocycles. The number of carbonyl (C=O) groups is 1. The molecule has 0 atom stereocenters. The van der Waals surface area contributed by atoms with E-state index in [9.17, 15) is 4.79 Å². The molecule has 0 saturated carbocycles. The van der Waals surface area contributed by atoms with Crippen molar-refractivity contribution in [1.82, 2.24) is 25.2 Å². The first-order chi connectivity index (χ1) is 12.7. The third kappa shape index (κ3) is 5.47. The zero-order valence-electron chi connectivity index (χ0n) is 14.9. The minimum Gasteiger partial charge on any atom is -0.379 e. The molecule has 2 N–H and O–H groups in total. The third-order valence-corrected chi connectivity index (χ3v) is 4.06. The summed E-state index contributed by atoms with van der Waals surface area (Å²) in [7, 11) is 0. The van der Waals surface area contributed by atoms with Gasteiger partial charge < -0.3 is 15.4 Å². The number of amides is 1. The van der Waals surface area contributed by atoms with E-state index in [1.807, 2.05) is 25.1 Å². The topological polar surface area (TPSA) is 92.3 Å². The Hall–Kier alpha value is -2.58. The van der Waals surface area contributed by atoms with E-state index in [2.05, 4.69) is 30.5 Å². The maximum absolute atomic E-state index is 12.4. The molecule has 1 fully saturated rings. The Kier molecular flexibility index (Phi) is 6.45. The number of aromatic nitrogens is 3. The van der Waals surface area contributed by atoms with Gasteiger partial charge in [0.25, 0.3) is 5.91 Å². The fourth-order valence-corrected chi connectivity index (χ4v) is 2.68. The maximum atomic E-state index is 12.4. The van der Waals surface area contributed by atoms with Gasteiger partial charge in [0.1, 0.15) is 5.69 Å². The number of rotatable bonds is 7. The third-order valence-electron chi connectivity index (χ3n) is 4.06. The van der Waals surface area contributed by atoms with Crippen molar-refractivity contribution in [3.05, 3.63) is 47.5 Å². The summed E-state index contributed by atoms with van der Waals surface area (Å²) < 4.78 is 5.34. The standard InChI is InChI=1S/C18H24N6O2/c1-14-12-16(17(25)21-13-15-4-2-3-5-19-15)23-18(22-14)20-6-7-24-8-10-26-11-9-24/h2-5,12H,6-11,13H2,1H3,(H,21,25)(H,20,22,23). The lowest BCUT2D eigenvalue weighted by molar-refractivity contribution is 0.0398. The number of aryl methyl sites for hydroxylation is 1. The lowest BCUT2D eigenvalue weighted by atomic mass is 10.3. The van der Waals surface area contributed by atoms with E-state index in [0.29, 0.717) is 18.2 Å². The highest BCUT2D eigenvalue weighted by Crippen LogP contribution is 2.06. The van der Waals surface area contributed by atoms with Gasteiger partial charge in [-0.2, -0.15) is 0 Å². The van der Waals surface area contributed by atoms with Crippen molar-refractivity contribution in [3.8, 4) is 0 Å². The quantitative estimate of drug-likeness (QED) is 0.760. The summed E-state index contributed by atoms with van der Waals surface area (Å²) in [5, 5.41) is 6.04. The predicted molar refractivity (Wildman–Crippen MR) is 97.9 cm³/mol. The Bertz CT molecular complexity index is 719. The Balaban J connectivity index is 1.53. The summed E-state index contributed by atoms with van der Waals surface area (Å²) in [6, 6.07) is 7.28. The molecular weight excluding hydrogens is 332 g/mol. The first kappa shape index (κ1) is 18.2. The molecule has 8 nitrogen and oxygen atoms in total. The van der Waals surface area contributed by atoms with Gasteiger partial charge in [0.05, 0.1) is 25.5 Å². The zero-order valence-corrected chi connectivity index (χ0v) is 14.9. The van der Waals surface area contributed by atoms with Crippen molar-refractivity contribution < 1.29 is 9.53 Å². The number of morpholine rings is 1. The number of nitrogens with one attached hydrogen (secondary N) is 2. The number of pyridine rings is 1. The molecule has 26 heavy (non-hydrogen) atoms. The van der Waals surface area contributed by atoms with E-state index in [4.69, 9.17) is 4.74 Å². The van der Waals surface area contributed by atoms with Gasteiger partial charge in [0, 0.05) is 38.1 Å². The average molecular weight is 356 g/mol. The summed E-state index contributed by atoms with van der Waals surface area (Å²) in [5.74, 6) is 0.235. The van der Waals surface area contributed by atoms with Crippen molar-refractivity contribution in [2.24, 2.45) is 0 Å². The van der Waals surface area contributed by atoms with Gasteiger partial charge in [0.15, 0.2) is 0 Å². The molecule has 138 valence electrons. The van der Waals surface area contributed by atoms with Crippen LogP contribution in [0.3, 0.4) is 0 Å². The minimum absolute atomic E-state index is 0.239.